The summed E-state index contributed by atoms with van der Waals surface area (Å²) in [5, 5.41) is 11.2. The van der Waals surface area contributed by atoms with E-state index in [1.54, 1.807) is 0 Å². The first-order chi connectivity index (χ1) is 9.02. The molecule has 3 N–H and O–H groups in total. The molecule has 0 spiro atoms. The zero-order valence-corrected chi connectivity index (χ0v) is 9.55. The number of nitrogens with one attached hydrogen (secondary N) is 1. The summed E-state index contributed by atoms with van der Waals surface area (Å²) in [5.41, 5.74) is 5.55. The van der Waals surface area contributed by atoms with Gasteiger partial charge in [0.25, 0.3) is 0 Å². The number of nitrogens with zero attached hydrogens (tertiary/aromatic N) is 1. The molecule has 0 saturated heterocycles. The van der Waals surface area contributed by atoms with Crippen molar-refractivity contribution in [1.29, 1.82) is 5.26 Å². The quantitative estimate of drug-likeness (QED) is 0.817. The fraction of sp³-hybridized carbons (Fsp3) is 0. The first-order valence-corrected chi connectivity index (χ1v) is 5.23. The van der Waals surface area contributed by atoms with Gasteiger partial charge in [-0.1, -0.05) is 6.07 Å². The monoisotopic (exact) mass is 263 g/mol. The first-order valence-electron chi connectivity index (χ1n) is 5.23. The lowest BCUT2D eigenvalue weighted by Crippen LogP contribution is -2.02. The highest BCUT2D eigenvalue weighted by molar-refractivity contribution is 5.77. The molecular weight excluding hydrogens is 255 g/mol. The third-order valence-electron chi connectivity index (χ3n) is 2.49. The normalized spacial score (nSPS) is 10.0. The van der Waals surface area contributed by atoms with Gasteiger partial charge in [-0.15, -0.1) is 0 Å². The molecule has 96 valence electrons. The van der Waals surface area contributed by atoms with Crippen LogP contribution in [0.4, 0.5) is 30.2 Å². The molecule has 19 heavy (non-hydrogen) atoms. The van der Waals surface area contributed by atoms with E-state index in [4.69, 9.17) is 11.0 Å². The van der Waals surface area contributed by atoms with Crippen molar-refractivity contribution >= 4 is 17.1 Å². The second-order valence-electron chi connectivity index (χ2n) is 3.75. The number of nitriles is 1. The molecule has 3 nitrogen and oxygen atoms in total. The summed E-state index contributed by atoms with van der Waals surface area (Å²) in [4.78, 5) is 0. The molecule has 0 amide bonds. The van der Waals surface area contributed by atoms with Crippen molar-refractivity contribution in [2.45, 2.75) is 0 Å². The minimum absolute atomic E-state index is 0.0631. The Morgan fingerprint density at radius 2 is 1.74 bits per heavy atom. The van der Waals surface area contributed by atoms with E-state index in [2.05, 4.69) is 5.32 Å². The lowest BCUT2D eigenvalue weighted by Gasteiger charge is -2.11. The van der Waals surface area contributed by atoms with Crippen LogP contribution < -0.4 is 11.1 Å². The van der Waals surface area contributed by atoms with Crippen LogP contribution in [0.15, 0.2) is 30.3 Å². The summed E-state index contributed by atoms with van der Waals surface area (Å²) in [7, 11) is 0. The summed E-state index contributed by atoms with van der Waals surface area (Å²) < 4.78 is 39.7. The number of para-hydroxylation sites is 1. The summed E-state index contributed by atoms with van der Waals surface area (Å²) >= 11 is 0. The van der Waals surface area contributed by atoms with E-state index in [-0.39, 0.29) is 16.9 Å². The largest absolute Gasteiger partial charge is 0.396 e. The minimum Gasteiger partial charge on any atom is -0.396 e. The Labute approximate surface area is 107 Å². The molecule has 0 radical (unpaired) electrons. The van der Waals surface area contributed by atoms with Crippen LogP contribution in [-0.2, 0) is 0 Å². The molecule has 2 aromatic rings. The Hall–Kier alpha value is -2.68. The molecule has 0 unspecified atom stereocenters. The molecule has 6 heteroatoms. The lowest BCUT2D eigenvalue weighted by atomic mass is 10.1. The Morgan fingerprint density at radius 3 is 2.32 bits per heavy atom. The van der Waals surface area contributed by atoms with Crippen molar-refractivity contribution in [2.75, 3.05) is 11.1 Å². The molecule has 2 rings (SSSR count). The molecule has 0 saturated carbocycles. The predicted octanol–water partition coefficient (Wildman–Crippen LogP) is 3.30. The van der Waals surface area contributed by atoms with Crippen molar-refractivity contribution in [2.24, 2.45) is 0 Å². The van der Waals surface area contributed by atoms with Crippen molar-refractivity contribution in [3.63, 3.8) is 0 Å². The van der Waals surface area contributed by atoms with Gasteiger partial charge in [0.05, 0.1) is 16.9 Å². The fourth-order valence-electron chi connectivity index (χ4n) is 1.57. The van der Waals surface area contributed by atoms with Gasteiger partial charge < -0.3 is 11.1 Å². The Kier molecular flexibility index (Phi) is 3.29. The number of hydrogen-bond donors (Lipinski definition) is 2. The van der Waals surface area contributed by atoms with Gasteiger partial charge in [0.2, 0.25) is 0 Å². The molecule has 0 aliphatic heterocycles. The average molecular weight is 263 g/mol. The molecule has 0 fully saturated rings. The molecule has 0 aromatic heterocycles. The van der Waals surface area contributed by atoms with E-state index >= 15 is 0 Å². The van der Waals surface area contributed by atoms with Crippen molar-refractivity contribution in [3.05, 3.63) is 53.3 Å². The standard InChI is InChI=1S/C13H8F3N3/c14-8-4-9(15)13(10(16)5-8)19-11-3-1-2-7(6-17)12(11)18/h1-5,19H,18H2. The van der Waals surface area contributed by atoms with Crippen molar-refractivity contribution in [1.82, 2.24) is 0 Å². The summed E-state index contributed by atoms with van der Waals surface area (Å²) in [6.45, 7) is 0. The number of hydrogen-bond acceptors (Lipinski definition) is 3. The van der Waals surface area contributed by atoms with Gasteiger partial charge in [0, 0.05) is 12.1 Å². The Bertz CT molecular complexity index is 654. The predicted molar refractivity (Wildman–Crippen MR) is 65.2 cm³/mol. The van der Waals surface area contributed by atoms with E-state index in [1.807, 2.05) is 6.07 Å². The van der Waals surface area contributed by atoms with E-state index in [0.29, 0.717) is 12.1 Å². The highest BCUT2D eigenvalue weighted by Crippen LogP contribution is 2.29. The number of rotatable bonds is 2. The van der Waals surface area contributed by atoms with Gasteiger partial charge >= 0.3 is 0 Å². The molecule has 0 heterocycles. The van der Waals surface area contributed by atoms with Crippen molar-refractivity contribution < 1.29 is 13.2 Å². The first kappa shape index (κ1) is 12.8. The lowest BCUT2D eigenvalue weighted by molar-refractivity contribution is 0.549. The molecule has 2 aromatic carbocycles. The van der Waals surface area contributed by atoms with Crippen LogP contribution in [-0.4, -0.2) is 0 Å². The topological polar surface area (TPSA) is 61.8 Å². The highest BCUT2D eigenvalue weighted by Gasteiger charge is 2.13. The second kappa shape index (κ2) is 4.90. The van der Waals surface area contributed by atoms with E-state index in [1.165, 1.54) is 18.2 Å². The molecule has 0 atom stereocenters. The smallest absolute Gasteiger partial charge is 0.152 e. The van der Waals surface area contributed by atoms with Crippen LogP contribution in [0.3, 0.4) is 0 Å². The number of anilines is 3. The third-order valence-corrected chi connectivity index (χ3v) is 2.49. The second-order valence-corrected chi connectivity index (χ2v) is 3.75. The highest BCUT2D eigenvalue weighted by atomic mass is 19.1. The molecular formula is C13H8F3N3. The maximum atomic E-state index is 13.5. The summed E-state index contributed by atoms with van der Waals surface area (Å²) in [6.07, 6.45) is 0. The summed E-state index contributed by atoms with van der Waals surface area (Å²) in [6, 6.07) is 7.39. The SMILES string of the molecule is N#Cc1cccc(Nc2c(F)cc(F)cc2F)c1N. The zero-order valence-electron chi connectivity index (χ0n) is 9.55. The van der Waals surface area contributed by atoms with Gasteiger partial charge in [-0.2, -0.15) is 5.26 Å². The molecule has 0 aliphatic carbocycles. The minimum atomic E-state index is -1.08. The van der Waals surface area contributed by atoms with Gasteiger partial charge in [0.15, 0.2) is 11.6 Å². The van der Waals surface area contributed by atoms with Gasteiger partial charge in [0.1, 0.15) is 17.6 Å². The van der Waals surface area contributed by atoms with Gasteiger partial charge in [-0.3, -0.25) is 0 Å². The maximum Gasteiger partial charge on any atom is 0.152 e. The number of benzene rings is 2. The maximum absolute atomic E-state index is 13.5. The number of halogens is 3. The summed E-state index contributed by atoms with van der Waals surface area (Å²) in [5.74, 6) is -3.18. The van der Waals surface area contributed by atoms with E-state index in [0.717, 1.165) is 0 Å². The van der Waals surface area contributed by atoms with Gasteiger partial charge in [-0.05, 0) is 12.1 Å². The van der Waals surface area contributed by atoms with Crippen LogP contribution >= 0.6 is 0 Å². The van der Waals surface area contributed by atoms with Gasteiger partial charge in [-0.25, -0.2) is 13.2 Å². The van der Waals surface area contributed by atoms with Crippen LogP contribution in [0.2, 0.25) is 0 Å². The van der Waals surface area contributed by atoms with Crippen LogP contribution in [0.1, 0.15) is 5.56 Å². The average Bonchev–Trinajstić information content (AvgIpc) is 2.35. The van der Waals surface area contributed by atoms with Crippen LogP contribution in [0.5, 0.6) is 0 Å². The zero-order chi connectivity index (χ0) is 14.0. The van der Waals surface area contributed by atoms with E-state index < -0.39 is 23.1 Å². The van der Waals surface area contributed by atoms with E-state index in [9.17, 15) is 13.2 Å². The Morgan fingerprint density at radius 1 is 1.11 bits per heavy atom. The molecule has 0 aliphatic rings. The van der Waals surface area contributed by atoms with Crippen LogP contribution in [0, 0.1) is 28.8 Å². The van der Waals surface area contributed by atoms with Crippen LogP contribution in [0.25, 0.3) is 0 Å². The fourth-order valence-corrected chi connectivity index (χ4v) is 1.57. The molecule has 0 bridgehead atoms. The van der Waals surface area contributed by atoms with Crippen molar-refractivity contribution in [3.8, 4) is 6.07 Å². The third kappa shape index (κ3) is 2.45. The number of nitrogen functional groups attached to an aromatic ring is 1. The number of nitrogens with two attached hydrogens (primary N) is 1. The Balaban J connectivity index is 2.46.